The topological polar surface area (TPSA) is 63.8 Å². The van der Waals surface area contributed by atoms with Crippen molar-refractivity contribution >= 4 is 28.3 Å². The number of fused-ring (bicyclic) bond motifs is 1. The second-order valence-corrected chi connectivity index (χ2v) is 6.63. The lowest BCUT2D eigenvalue weighted by Gasteiger charge is -2.11. The van der Waals surface area contributed by atoms with Crippen molar-refractivity contribution in [1.29, 1.82) is 0 Å². The van der Waals surface area contributed by atoms with Gasteiger partial charge in [0.25, 0.3) is 0 Å². The van der Waals surface area contributed by atoms with Gasteiger partial charge in [-0.15, -0.1) is 0 Å². The van der Waals surface area contributed by atoms with E-state index in [9.17, 15) is 0 Å². The largest absolute Gasteiger partial charge is 0.365 e. The van der Waals surface area contributed by atoms with Crippen LogP contribution < -0.4 is 5.32 Å². The molecule has 2 heterocycles. The first-order valence-corrected chi connectivity index (χ1v) is 8.67. The van der Waals surface area contributed by atoms with Gasteiger partial charge in [0.05, 0.1) is 11.1 Å². The molecule has 2 aromatic carbocycles. The van der Waals surface area contributed by atoms with Crippen LogP contribution in [0.1, 0.15) is 17.0 Å². The molecule has 4 rings (SSSR count). The van der Waals surface area contributed by atoms with Crippen LogP contribution in [0.15, 0.2) is 53.1 Å². The minimum atomic E-state index is 0.521. The summed E-state index contributed by atoms with van der Waals surface area (Å²) in [7, 11) is 0. The molecular formula is C20H17ClN4O. The molecule has 6 heteroatoms. The lowest BCUT2D eigenvalue weighted by atomic mass is 10.1. The minimum Gasteiger partial charge on any atom is -0.365 e. The van der Waals surface area contributed by atoms with Gasteiger partial charge >= 0.3 is 0 Å². The van der Waals surface area contributed by atoms with Crippen LogP contribution in [0.2, 0.25) is 5.02 Å². The van der Waals surface area contributed by atoms with E-state index in [1.807, 2.05) is 30.3 Å². The highest BCUT2D eigenvalue weighted by Gasteiger charge is 2.14. The third kappa shape index (κ3) is 3.39. The molecule has 0 saturated carbocycles. The van der Waals surface area contributed by atoms with Gasteiger partial charge in [-0.3, -0.25) is 0 Å². The van der Waals surface area contributed by atoms with E-state index < -0.39 is 0 Å². The standard InChI is InChI=1S/C20H17ClN4O/c1-12-3-6-15-10-17(20-23-13(2)26-25-20)19(24-18(15)9-12)22-11-14-4-7-16(21)8-5-14/h3-10H,11H2,1-2H3,(H,22,24). The first kappa shape index (κ1) is 16.5. The van der Waals surface area contributed by atoms with Crippen molar-refractivity contribution in [2.45, 2.75) is 20.4 Å². The quantitative estimate of drug-likeness (QED) is 0.541. The molecule has 0 bridgehead atoms. The fourth-order valence-corrected chi connectivity index (χ4v) is 2.91. The summed E-state index contributed by atoms with van der Waals surface area (Å²) in [5.74, 6) is 1.77. The van der Waals surface area contributed by atoms with E-state index in [-0.39, 0.29) is 0 Å². The summed E-state index contributed by atoms with van der Waals surface area (Å²) < 4.78 is 5.15. The smallest absolute Gasteiger partial charge is 0.223 e. The molecule has 0 unspecified atom stereocenters. The third-order valence-corrected chi connectivity index (χ3v) is 4.37. The van der Waals surface area contributed by atoms with Crippen molar-refractivity contribution in [3.05, 3.63) is 70.6 Å². The molecule has 0 aliphatic carbocycles. The van der Waals surface area contributed by atoms with Crippen LogP contribution in [0.5, 0.6) is 0 Å². The minimum absolute atomic E-state index is 0.521. The number of nitrogens with one attached hydrogen (secondary N) is 1. The highest BCUT2D eigenvalue weighted by molar-refractivity contribution is 6.30. The monoisotopic (exact) mass is 364 g/mol. The molecule has 0 saturated heterocycles. The van der Waals surface area contributed by atoms with E-state index in [0.29, 0.717) is 18.3 Å². The van der Waals surface area contributed by atoms with Crippen LogP contribution in [0.4, 0.5) is 5.82 Å². The van der Waals surface area contributed by atoms with Crippen LogP contribution >= 0.6 is 11.6 Å². The Morgan fingerprint density at radius 3 is 2.54 bits per heavy atom. The summed E-state index contributed by atoms with van der Waals surface area (Å²) in [5, 5.41) is 9.20. The molecule has 0 spiro atoms. The fraction of sp³-hybridized carbons (Fsp3) is 0.150. The second kappa shape index (κ2) is 6.77. The number of aryl methyl sites for hydroxylation is 2. The normalized spacial score (nSPS) is 11.0. The predicted octanol–water partition coefficient (Wildman–Crippen LogP) is 5.17. The van der Waals surface area contributed by atoms with Gasteiger partial charge in [-0.25, -0.2) is 4.98 Å². The second-order valence-electron chi connectivity index (χ2n) is 6.20. The number of hydrogen-bond acceptors (Lipinski definition) is 5. The van der Waals surface area contributed by atoms with Gasteiger partial charge in [-0.1, -0.05) is 41.0 Å². The first-order valence-electron chi connectivity index (χ1n) is 8.29. The molecule has 0 atom stereocenters. The SMILES string of the molecule is Cc1ccc2cc(-c3noc(C)n3)c(NCc3ccc(Cl)cc3)nc2c1. The lowest BCUT2D eigenvalue weighted by Crippen LogP contribution is -2.04. The molecule has 0 aliphatic rings. The van der Waals surface area contributed by atoms with Crippen LogP contribution in [-0.2, 0) is 6.54 Å². The zero-order chi connectivity index (χ0) is 18.1. The van der Waals surface area contributed by atoms with Crippen LogP contribution in [0.3, 0.4) is 0 Å². The third-order valence-electron chi connectivity index (χ3n) is 4.11. The van der Waals surface area contributed by atoms with E-state index in [1.165, 1.54) is 0 Å². The highest BCUT2D eigenvalue weighted by Crippen LogP contribution is 2.29. The molecule has 0 amide bonds. The molecule has 0 fully saturated rings. The number of pyridine rings is 1. The molecule has 0 radical (unpaired) electrons. The first-order chi connectivity index (χ1) is 12.6. The van der Waals surface area contributed by atoms with Gasteiger partial charge in [-0.05, 0) is 42.3 Å². The molecule has 5 nitrogen and oxygen atoms in total. The van der Waals surface area contributed by atoms with Gasteiger partial charge in [0.15, 0.2) is 0 Å². The van der Waals surface area contributed by atoms with E-state index in [1.54, 1.807) is 6.92 Å². The Morgan fingerprint density at radius 2 is 1.81 bits per heavy atom. The Kier molecular flexibility index (Phi) is 4.31. The molecule has 2 aromatic heterocycles. The van der Waals surface area contributed by atoms with Gasteiger partial charge in [0.1, 0.15) is 5.82 Å². The number of nitrogens with zero attached hydrogens (tertiary/aromatic N) is 3. The van der Waals surface area contributed by atoms with E-state index in [0.717, 1.165) is 38.4 Å². The Balaban J connectivity index is 1.75. The summed E-state index contributed by atoms with van der Waals surface area (Å²) in [4.78, 5) is 9.15. The van der Waals surface area contributed by atoms with Gasteiger partial charge in [0, 0.05) is 23.9 Å². The zero-order valence-corrected chi connectivity index (χ0v) is 15.2. The van der Waals surface area contributed by atoms with E-state index in [2.05, 4.69) is 40.6 Å². The number of anilines is 1. The lowest BCUT2D eigenvalue weighted by molar-refractivity contribution is 0.394. The van der Waals surface area contributed by atoms with Gasteiger partial charge < -0.3 is 9.84 Å². The Labute approximate surface area is 156 Å². The maximum Gasteiger partial charge on any atom is 0.223 e. The molecule has 26 heavy (non-hydrogen) atoms. The van der Waals surface area contributed by atoms with Crippen LogP contribution in [0.25, 0.3) is 22.3 Å². The maximum atomic E-state index is 5.96. The van der Waals surface area contributed by atoms with E-state index >= 15 is 0 Å². The Morgan fingerprint density at radius 1 is 1.00 bits per heavy atom. The predicted molar refractivity (Wildman–Crippen MR) is 103 cm³/mol. The van der Waals surface area contributed by atoms with E-state index in [4.69, 9.17) is 21.1 Å². The summed E-state index contributed by atoms with van der Waals surface area (Å²) in [6.45, 7) is 4.44. The number of benzene rings is 2. The molecule has 130 valence electrons. The fourth-order valence-electron chi connectivity index (χ4n) is 2.78. The highest BCUT2D eigenvalue weighted by atomic mass is 35.5. The van der Waals surface area contributed by atoms with Crippen molar-refractivity contribution < 1.29 is 4.52 Å². The van der Waals surface area contributed by atoms with Gasteiger partial charge in [0.2, 0.25) is 11.7 Å². The average Bonchev–Trinajstić information content (AvgIpc) is 3.06. The number of aromatic nitrogens is 3. The number of hydrogen-bond donors (Lipinski definition) is 1. The molecule has 4 aromatic rings. The van der Waals surface area contributed by atoms with Gasteiger partial charge in [-0.2, -0.15) is 4.98 Å². The van der Waals surface area contributed by atoms with Crippen molar-refractivity contribution in [2.24, 2.45) is 0 Å². The number of halogens is 1. The Hall–Kier alpha value is -2.92. The maximum absolute atomic E-state index is 5.96. The van der Waals surface area contributed by atoms with Crippen LogP contribution in [0, 0.1) is 13.8 Å². The van der Waals surface area contributed by atoms with Crippen molar-refractivity contribution in [3.8, 4) is 11.4 Å². The average molecular weight is 365 g/mol. The van der Waals surface area contributed by atoms with Crippen molar-refractivity contribution in [2.75, 3.05) is 5.32 Å². The van der Waals surface area contributed by atoms with Crippen LogP contribution in [-0.4, -0.2) is 15.1 Å². The number of rotatable bonds is 4. The molecule has 0 aliphatic heterocycles. The summed E-state index contributed by atoms with van der Waals surface area (Å²) in [6, 6.07) is 15.9. The summed E-state index contributed by atoms with van der Waals surface area (Å²) in [6.07, 6.45) is 0. The zero-order valence-electron chi connectivity index (χ0n) is 14.5. The molecular weight excluding hydrogens is 348 g/mol. The van der Waals surface area contributed by atoms with Crippen molar-refractivity contribution in [3.63, 3.8) is 0 Å². The van der Waals surface area contributed by atoms with Crippen molar-refractivity contribution in [1.82, 2.24) is 15.1 Å². The molecule has 1 N–H and O–H groups in total. The Bertz CT molecular complexity index is 1070. The summed E-state index contributed by atoms with van der Waals surface area (Å²) >= 11 is 5.96. The summed E-state index contributed by atoms with van der Waals surface area (Å²) in [5.41, 5.74) is 4.01.